The maximum Gasteiger partial charge on any atom is 0.253 e. The van der Waals surface area contributed by atoms with Crippen molar-refractivity contribution in [2.24, 2.45) is 5.41 Å². The zero-order valence-electron chi connectivity index (χ0n) is 11.4. The van der Waals surface area contributed by atoms with Gasteiger partial charge in [0, 0.05) is 24.0 Å². The van der Waals surface area contributed by atoms with Crippen LogP contribution in [0.1, 0.15) is 37.0 Å². The van der Waals surface area contributed by atoms with E-state index in [0.29, 0.717) is 5.41 Å². The molecular weight excluding hydrogens is 238 g/mol. The average molecular weight is 257 g/mol. The van der Waals surface area contributed by atoms with Crippen molar-refractivity contribution in [3.05, 3.63) is 30.0 Å². The van der Waals surface area contributed by atoms with Crippen molar-refractivity contribution in [3.63, 3.8) is 0 Å². The van der Waals surface area contributed by atoms with Gasteiger partial charge in [-0.15, -0.1) is 0 Å². The molecule has 0 aliphatic carbocycles. The molecule has 4 heteroatoms. The molecule has 0 unspecified atom stereocenters. The Morgan fingerprint density at radius 3 is 2.79 bits per heavy atom. The van der Waals surface area contributed by atoms with Crippen molar-refractivity contribution < 1.29 is 4.79 Å². The molecule has 1 saturated heterocycles. The summed E-state index contributed by atoms with van der Waals surface area (Å²) in [6, 6.07) is 5.73. The van der Waals surface area contributed by atoms with Crippen LogP contribution in [0.4, 0.5) is 0 Å². The predicted molar refractivity (Wildman–Crippen MR) is 75.0 cm³/mol. The molecule has 0 atom stereocenters. The van der Waals surface area contributed by atoms with Gasteiger partial charge in [0.2, 0.25) is 0 Å². The van der Waals surface area contributed by atoms with E-state index in [1.54, 1.807) is 6.20 Å². The number of hydrogen-bond donors (Lipinski definition) is 1. The first-order valence-corrected chi connectivity index (χ1v) is 6.78. The summed E-state index contributed by atoms with van der Waals surface area (Å²) >= 11 is 0. The van der Waals surface area contributed by atoms with Crippen LogP contribution < -0.4 is 0 Å². The van der Waals surface area contributed by atoms with E-state index in [9.17, 15) is 4.79 Å². The summed E-state index contributed by atoms with van der Waals surface area (Å²) in [5, 5.41) is 7.93. The van der Waals surface area contributed by atoms with Gasteiger partial charge in [-0.2, -0.15) is 5.10 Å². The molecule has 0 bridgehead atoms. The fourth-order valence-electron chi connectivity index (χ4n) is 2.57. The van der Waals surface area contributed by atoms with Crippen molar-refractivity contribution in [2.75, 3.05) is 13.1 Å². The third kappa shape index (κ3) is 2.35. The Labute approximate surface area is 112 Å². The predicted octanol–water partition coefficient (Wildman–Crippen LogP) is 2.83. The van der Waals surface area contributed by atoms with Crippen LogP contribution >= 0.6 is 0 Å². The molecule has 4 nitrogen and oxygen atoms in total. The van der Waals surface area contributed by atoms with Gasteiger partial charge < -0.3 is 4.90 Å². The summed E-state index contributed by atoms with van der Waals surface area (Å²) in [6.45, 7) is 6.25. The number of carbonyl (C=O) groups is 1. The lowest BCUT2D eigenvalue weighted by atomic mass is 9.82. The number of amides is 1. The fraction of sp³-hybridized carbons (Fsp3) is 0.467. The molecule has 0 saturated carbocycles. The number of piperidine rings is 1. The molecule has 2 aromatic rings. The fourth-order valence-corrected chi connectivity index (χ4v) is 2.57. The molecule has 1 aliphatic heterocycles. The number of carbonyl (C=O) groups excluding carboxylic acids is 1. The Kier molecular flexibility index (Phi) is 2.81. The van der Waals surface area contributed by atoms with Crippen LogP contribution in [-0.2, 0) is 0 Å². The summed E-state index contributed by atoms with van der Waals surface area (Å²) in [5.74, 6) is 0.131. The van der Waals surface area contributed by atoms with Gasteiger partial charge in [0.25, 0.3) is 5.91 Å². The molecule has 2 heterocycles. The minimum absolute atomic E-state index is 0.131. The Balaban J connectivity index is 1.80. The number of H-pyrrole nitrogens is 1. The third-order valence-corrected chi connectivity index (χ3v) is 4.09. The summed E-state index contributed by atoms with van der Waals surface area (Å²) in [5.41, 5.74) is 2.03. The lowest BCUT2D eigenvalue weighted by molar-refractivity contribution is 0.0630. The summed E-state index contributed by atoms with van der Waals surface area (Å²) < 4.78 is 0. The molecule has 1 aliphatic rings. The SMILES string of the molecule is CC1(C)CCN(C(=O)c2ccc3cn[nH]c3c2)CC1. The minimum atomic E-state index is 0.131. The number of fused-ring (bicyclic) bond motifs is 1. The standard InChI is InChI=1S/C15H19N3O/c1-15(2)5-7-18(8-6-15)14(19)11-3-4-12-10-16-17-13(12)9-11/h3-4,9-10H,5-8H2,1-2H3,(H,16,17). The summed E-state index contributed by atoms with van der Waals surface area (Å²) in [4.78, 5) is 14.4. The van der Waals surface area contributed by atoms with E-state index in [0.717, 1.165) is 42.4 Å². The molecular formula is C15H19N3O. The van der Waals surface area contributed by atoms with Crippen molar-refractivity contribution in [3.8, 4) is 0 Å². The largest absolute Gasteiger partial charge is 0.339 e. The second-order valence-corrected chi connectivity index (χ2v) is 6.13. The summed E-state index contributed by atoms with van der Waals surface area (Å²) in [7, 11) is 0. The highest BCUT2D eigenvalue weighted by atomic mass is 16.2. The van der Waals surface area contributed by atoms with Crippen LogP contribution in [0, 0.1) is 5.41 Å². The molecule has 0 radical (unpaired) electrons. The van der Waals surface area contributed by atoms with Gasteiger partial charge in [0.1, 0.15) is 0 Å². The molecule has 19 heavy (non-hydrogen) atoms. The lowest BCUT2D eigenvalue weighted by Gasteiger charge is -2.36. The van der Waals surface area contributed by atoms with E-state index in [1.165, 1.54) is 0 Å². The average Bonchev–Trinajstić information content (AvgIpc) is 2.85. The number of aromatic amines is 1. The quantitative estimate of drug-likeness (QED) is 0.854. The van der Waals surface area contributed by atoms with Gasteiger partial charge >= 0.3 is 0 Å². The maximum absolute atomic E-state index is 12.5. The van der Waals surface area contributed by atoms with Crippen LogP contribution in [0.2, 0.25) is 0 Å². The van der Waals surface area contributed by atoms with Gasteiger partial charge in [-0.3, -0.25) is 9.89 Å². The first-order valence-electron chi connectivity index (χ1n) is 6.78. The molecule has 3 rings (SSSR count). The van der Waals surface area contributed by atoms with Crippen molar-refractivity contribution in [1.82, 2.24) is 15.1 Å². The van der Waals surface area contributed by atoms with Crippen LogP contribution in [0.3, 0.4) is 0 Å². The second-order valence-electron chi connectivity index (χ2n) is 6.13. The number of benzene rings is 1. The first-order chi connectivity index (χ1) is 9.05. The smallest absolute Gasteiger partial charge is 0.253 e. The molecule has 1 aromatic heterocycles. The highest BCUT2D eigenvalue weighted by Crippen LogP contribution is 2.30. The number of aromatic nitrogens is 2. The Morgan fingerprint density at radius 2 is 2.05 bits per heavy atom. The van der Waals surface area contributed by atoms with Crippen LogP contribution in [0.25, 0.3) is 10.9 Å². The Morgan fingerprint density at radius 1 is 1.32 bits per heavy atom. The summed E-state index contributed by atoms with van der Waals surface area (Å²) in [6.07, 6.45) is 3.92. The number of nitrogens with one attached hydrogen (secondary N) is 1. The topological polar surface area (TPSA) is 49.0 Å². The third-order valence-electron chi connectivity index (χ3n) is 4.09. The van der Waals surface area contributed by atoms with E-state index in [-0.39, 0.29) is 5.91 Å². The molecule has 100 valence electrons. The molecule has 1 aromatic carbocycles. The van der Waals surface area contributed by atoms with Gasteiger partial charge in [-0.05, 0) is 30.4 Å². The van der Waals surface area contributed by atoms with Crippen LogP contribution in [-0.4, -0.2) is 34.1 Å². The van der Waals surface area contributed by atoms with Crippen molar-refractivity contribution >= 4 is 16.8 Å². The molecule has 0 spiro atoms. The van der Waals surface area contributed by atoms with E-state index >= 15 is 0 Å². The highest BCUT2D eigenvalue weighted by molar-refractivity contribution is 5.97. The van der Waals surface area contributed by atoms with Gasteiger partial charge in [-0.25, -0.2) is 0 Å². The molecule has 1 fully saturated rings. The monoisotopic (exact) mass is 257 g/mol. The first kappa shape index (κ1) is 12.2. The van der Waals surface area contributed by atoms with Crippen LogP contribution in [0.5, 0.6) is 0 Å². The van der Waals surface area contributed by atoms with Gasteiger partial charge in [0.15, 0.2) is 0 Å². The van der Waals surface area contributed by atoms with E-state index in [2.05, 4.69) is 24.0 Å². The Hall–Kier alpha value is -1.84. The number of likely N-dealkylation sites (tertiary alicyclic amines) is 1. The van der Waals surface area contributed by atoms with Gasteiger partial charge in [0.05, 0.1) is 11.7 Å². The lowest BCUT2D eigenvalue weighted by Crippen LogP contribution is -2.41. The second kappa shape index (κ2) is 4.37. The number of rotatable bonds is 1. The van der Waals surface area contributed by atoms with Crippen LogP contribution in [0.15, 0.2) is 24.4 Å². The van der Waals surface area contributed by atoms with Crippen molar-refractivity contribution in [2.45, 2.75) is 26.7 Å². The van der Waals surface area contributed by atoms with Gasteiger partial charge in [-0.1, -0.05) is 19.9 Å². The number of nitrogens with zero attached hydrogens (tertiary/aromatic N) is 2. The molecule has 1 N–H and O–H groups in total. The molecule has 1 amide bonds. The Bertz CT molecular complexity index is 605. The zero-order chi connectivity index (χ0) is 13.5. The van der Waals surface area contributed by atoms with Crippen molar-refractivity contribution in [1.29, 1.82) is 0 Å². The van der Waals surface area contributed by atoms with E-state index in [4.69, 9.17) is 0 Å². The zero-order valence-corrected chi connectivity index (χ0v) is 11.4. The van der Waals surface area contributed by atoms with E-state index < -0.39 is 0 Å². The minimum Gasteiger partial charge on any atom is -0.339 e. The maximum atomic E-state index is 12.5. The number of hydrogen-bond acceptors (Lipinski definition) is 2. The normalized spacial score (nSPS) is 18.7. The highest BCUT2D eigenvalue weighted by Gasteiger charge is 2.28. The van der Waals surface area contributed by atoms with E-state index in [1.807, 2.05) is 23.1 Å².